The van der Waals surface area contributed by atoms with Gasteiger partial charge in [-0.3, -0.25) is 4.79 Å². The van der Waals surface area contributed by atoms with Crippen LogP contribution in [0.15, 0.2) is 46.9 Å². The van der Waals surface area contributed by atoms with Crippen molar-refractivity contribution in [2.45, 2.75) is 44.9 Å². The number of carbonyl (C=O) groups excluding carboxylic acids is 1. The Balaban J connectivity index is 1.63. The van der Waals surface area contributed by atoms with E-state index in [9.17, 15) is 4.79 Å². The topological polar surface area (TPSA) is 59.8 Å². The van der Waals surface area contributed by atoms with Crippen LogP contribution in [0.5, 0.6) is 0 Å². The number of thioether (sulfide) groups is 1. The van der Waals surface area contributed by atoms with E-state index in [1.54, 1.807) is 11.3 Å². The average molecular weight is 401 g/mol. The Labute approximate surface area is 168 Å². The molecule has 2 heterocycles. The number of hydrogen-bond donors (Lipinski definition) is 1. The number of aryl methyl sites for hydroxylation is 1. The third-order valence-electron chi connectivity index (χ3n) is 4.30. The van der Waals surface area contributed by atoms with Crippen LogP contribution in [0.25, 0.3) is 11.4 Å². The van der Waals surface area contributed by atoms with Gasteiger partial charge in [0, 0.05) is 22.4 Å². The molecule has 27 heavy (non-hydrogen) atoms. The standard InChI is InChI=1S/C20H24N4OS2/c1-4-17-11-16(12-26-17)19-22-23-20(24(19)5-2)27-13-18(25)21-14(3)15-9-7-6-8-10-15/h6-12,14H,4-5,13H2,1-3H3,(H,21,25). The van der Waals surface area contributed by atoms with E-state index in [-0.39, 0.29) is 11.9 Å². The van der Waals surface area contributed by atoms with Crippen molar-refractivity contribution in [3.05, 3.63) is 52.2 Å². The molecular formula is C20H24N4OS2. The quantitative estimate of drug-likeness (QED) is 0.563. The van der Waals surface area contributed by atoms with Crippen molar-refractivity contribution in [2.75, 3.05) is 5.75 Å². The first-order chi connectivity index (χ1) is 13.1. The minimum atomic E-state index is -0.0165. The first-order valence-corrected chi connectivity index (χ1v) is 11.0. The molecule has 0 saturated heterocycles. The fraction of sp³-hybridized carbons (Fsp3) is 0.350. The van der Waals surface area contributed by atoms with Crippen molar-refractivity contribution in [3.8, 4) is 11.4 Å². The van der Waals surface area contributed by atoms with E-state index in [0.29, 0.717) is 5.75 Å². The number of aromatic nitrogens is 3. The second kappa shape index (κ2) is 9.19. The minimum absolute atomic E-state index is 0.00708. The highest BCUT2D eigenvalue weighted by atomic mass is 32.2. The van der Waals surface area contributed by atoms with Crippen LogP contribution in [-0.2, 0) is 17.8 Å². The molecule has 1 amide bonds. The van der Waals surface area contributed by atoms with Gasteiger partial charge in [0.2, 0.25) is 5.91 Å². The molecule has 1 N–H and O–H groups in total. The number of amides is 1. The first-order valence-electron chi connectivity index (χ1n) is 9.10. The van der Waals surface area contributed by atoms with Gasteiger partial charge in [-0.15, -0.1) is 21.5 Å². The molecule has 0 bridgehead atoms. The molecule has 142 valence electrons. The van der Waals surface area contributed by atoms with Gasteiger partial charge in [-0.05, 0) is 31.9 Å². The van der Waals surface area contributed by atoms with Crippen LogP contribution in [0.4, 0.5) is 0 Å². The molecule has 0 saturated carbocycles. The summed E-state index contributed by atoms with van der Waals surface area (Å²) in [4.78, 5) is 13.7. The van der Waals surface area contributed by atoms with Gasteiger partial charge in [0.05, 0.1) is 11.8 Å². The summed E-state index contributed by atoms with van der Waals surface area (Å²) in [5, 5.41) is 14.6. The van der Waals surface area contributed by atoms with E-state index in [1.165, 1.54) is 16.6 Å². The molecule has 0 aliphatic heterocycles. The minimum Gasteiger partial charge on any atom is -0.349 e. The second-order valence-corrected chi connectivity index (χ2v) is 8.13. The van der Waals surface area contributed by atoms with Crippen LogP contribution in [0.2, 0.25) is 0 Å². The van der Waals surface area contributed by atoms with Crippen LogP contribution in [0.1, 0.15) is 37.3 Å². The maximum absolute atomic E-state index is 12.3. The Morgan fingerprint density at radius 3 is 2.70 bits per heavy atom. The summed E-state index contributed by atoms with van der Waals surface area (Å²) in [6.07, 6.45) is 1.02. The lowest BCUT2D eigenvalue weighted by Crippen LogP contribution is -2.28. The van der Waals surface area contributed by atoms with Gasteiger partial charge in [0.25, 0.3) is 0 Å². The Morgan fingerprint density at radius 2 is 2.04 bits per heavy atom. The van der Waals surface area contributed by atoms with Crippen LogP contribution >= 0.6 is 23.1 Å². The molecular weight excluding hydrogens is 376 g/mol. The van der Waals surface area contributed by atoms with Gasteiger partial charge in [-0.2, -0.15) is 0 Å². The fourth-order valence-corrected chi connectivity index (χ4v) is 4.44. The summed E-state index contributed by atoms with van der Waals surface area (Å²) >= 11 is 3.17. The Kier molecular flexibility index (Phi) is 6.68. The zero-order chi connectivity index (χ0) is 19.2. The molecule has 0 aliphatic rings. The smallest absolute Gasteiger partial charge is 0.230 e. The maximum atomic E-state index is 12.3. The van der Waals surface area contributed by atoms with E-state index in [4.69, 9.17) is 0 Å². The maximum Gasteiger partial charge on any atom is 0.230 e. The van der Waals surface area contributed by atoms with E-state index in [1.807, 2.05) is 37.3 Å². The number of nitrogens with zero attached hydrogens (tertiary/aromatic N) is 3. The molecule has 0 radical (unpaired) electrons. The van der Waals surface area contributed by atoms with Crippen molar-refractivity contribution in [2.24, 2.45) is 0 Å². The monoisotopic (exact) mass is 400 g/mol. The summed E-state index contributed by atoms with van der Waals surface area (Å²) < 4.78 is 2.07. The molecule has 0 spiro atoms. The number of rotatable bonds is 8. The second-order valence-electron chi connectivity index (χ2n) is 6.19. The highest BCUT2D eigenvalue weighted by Gasteiger charge is 2.16. The number of benzene rings is 1. The highest BCUT2D eigenvalue weighted by molar-refractivity contribution is 7.99. The van der Waals surface area contributed by atoms with Gasteiger partial charge >= 0.3 is 0 Å². The summed E-state index contributed by atoms with van der Waals surface area (Å²) in [6.45, 7) is 6.98. The van der Waals surface area contributed by atoms with Crippen molar-refractivity contribution in [1.29, 1.82) is 0 Å². The van der Waals surface area contributed by atoms with Crippen LogP contribution in [0, 0.1) is 0 Å². The van der Waals surface area contributed by atoms with Gasteiger partial charge in [-0.1, -0.05) is 49.0 Å². The molecule has 1 atom stereocenters. The molecule has 0 aliphatic carbocycles. The normalized spacial score (nSPS) is 12.1. The van der Waals surface area contributed by atoms with Crippen molar-refractivity contribution >= 4 is 29.0 Å². The predicted molar refractivity (Wildman–Crippen MR) is 112 cm³/mol. The average Bonchev–Trinajstić information content (AvgIpc) is 3.33. The zero-order valence-electron chi connectivity index (χ0n) is 15.8. The number of carbonyl (C=O) groups is 1. The summed E-state index contributed by atoms with van der Waals surface area (Å²) in [5.41, 5.74) is 2.19. The molecule has 2 aromatic heterocycles. The van der Waals surface area contributed by atoms with Gasteiger partial charge in [-0.25, -0.2) is 0 Å². The number of nitrogens with one attached hydrogen (secondary N) is 1. The SMILES string of the molecule is CCc1cc(-c2nnc(SCC(=O)NC(C)c3ccccc3)n2CC)cs1. The number of hydrogen-bond acceptors (Lipinski definition) is 5. The van der Waals surface area contributed by atoms with Crippen molar-refractivity contribution in [1.82, 2.24) is 20.1 Å². The van der Waals surface area contributed by atoms with Crippen LogP contribution in [0.3, 0.4) is 0 Å². The summed E-state index contributed by atoms with van der Waals surface area (Å²) in [6, 6.07) is 12.1. The zero-order valence-corrected chi connectivity index (χ0v) is 17.4. The summed E-state index contributed by atoms with van der Waals surface area (Å²) in [7, 11) is 0. The predicted octanol–water partition coefficient (Wildman–Crippen LogP) is 4.56. The molecule has 1 unspecified atom stereocenters. The van der Waals surface area contributed by atoms with E-state index in [0.717, 1.165) is 35.1 Å². The molecule has 3 aromatic rings. The lowest BCUT2D eigenvalue weighted by Gasteiger charge is -2.14. The molecule has 7 heteroatoms. The van der Waals surface area contributed by atoms with Crippen molar-refractivity contribution in [3.63, 3.8) is 0 Å². The van der Waals surface area contributed by atoms with Gasteiger partial charge < -0.3 is 9.88 Å². The Morgan fingerprint density at radius 1 is 1.26 bits per heavy atom. The highest BCUT2D eigenvalue weighted by Crippen LogP contribution is 2.28. The molecule has 1 aromatic carbocycles. The van der Waals surface area contributed by atoms with Crippen LogP contribution < -0.4 is 5.32 Å². The third kappa shape index (κ3) is 4.78. The number of thiophene rings is 1. The lowest BCUT2D eigenvalue weighted by molar-refractivity contribution is -0.119. The van der Waals surface area contributed by atoms with E-state index >= 15 is 0 Å². The molecule has 3 rings (SSSR count). The van der Waals surface area contributed by atoms with Crippen molar-refractivity contribution < 1.29 is 4.79 Å². The van der Waals surface area contributed by atoms with Gasteiger partial charge in [0.1, 0.15) is 0 Å². The van der Waals surface area contributed by atoms with E-state index in [2.05, 4.69) is 45.4 Å². The lowest BCUT2D eigenvalue weighted by atomic mass is 10.1. The fourth-order valence-electron chi connectivity index (χ4n) is 2.82. The van der Waals surface area contributed by atoms with E-state index < -0.39 is 0 Å². The largest absolute Gasteiger partial charge is 0.349 e. The Hall–Kier alpha value is -2.12. The summed E-state index contributed by atoms with van der Waals surface area (Å²) in [5.74, 6) is 1.18. The molecule has 5 nitrogen and oxygen atoms in total. The third-order valence-corrected chi connectivity index (χ3v) is 6.35. The van der Waals surface area contributed by atoms with Gasteiger partial charge in [0.15, 0.2) is 11.0 Å². The first kappa shape index (κ1) is 19.6. The Bertz CT molecular complexity index is 889. The van der Waals surface area contributed by atoms with Crippen LogP contribution in [-0.4, -0.2) is 26.4 Å². The molecule has 0 fully saturated rings.